The van der Waals surface area contributed by atoms with E-state index in [0.29, 0.717) is 0 Å². The third-order valence-corrected chi connectivity index (χ3v) is 3.80. The predicted molar refractivity (Wildman–Crippen MR) is 70.2 cm³/mol. The zero-order valence-electron chi connectivity index (χ0n) is 11.0. The average molecular weight is 234 g/mol. The van der Waals surface area contributed by atoms with Crippen LogP contribution in [0, 0.1) is 6.92 Å². The highest BCUT2D eigenvalue weighted by molar-refractivity contribution is 5.35. The Morgan fingerprint density at radius 2 is 2.00 bits per heavy atom. The molecule has 2 rings (SSSR count). The summed E-state index contributed by atoms with van der Waals surface area (Å²) in [5, 5.41) is 2.51. The summed E-state index contributed by atoms with van der Waals surface area (Å²) in [5.41, 5.74) is 2.65. The van der Waals surface area contributed by atoms with Crippen LogP contribution in [0.15, 0.2) is 18.2 Å². The first-order valence-corrected chi connectivity index (χ1v) is 6.76. The van der Waals surface area contributed by atoms with Gasteiger partial charge < -0.3 is 10.1 Å². The summed E-state index contributed by atoms with van der Waals surface area (Å²) >= 11 is 0. The molecule has 0 unspecified atom stereocenters. The van der Waals surface area contributed by atoms with Gasteiger partial charge in [0.2, 0.25) is 0 Å². The first-order valence-electron chi connectivity index (χ1n) is 6.76. The van der Waals surface area contributed by atoms with Crippen LogP contribution in [0.1, 0.15) is 43.2 Å². The lowest BCUT2D eigenvalue weighted by atomic mass is 9.95. The van der Waals surface area contributed by atoms with Crippen LogP contribution in [0.5, 0.6) is 5.75 Å². The number of aryl methyl sites for hydroxylation is 1. The Bertz CT molecular complexity index is 356. The van der Waals surface area contributed by atoms with Crippen molar-refractivity contribution >= 4 is 0 Å². The van der Waals surface area contributed by atoms with Crippen molar-refractivity contribution in [3.63, 3.8) is 0 Å². The molecular weight excluding hydrogens is 210 g/mol. The maximum absolute atomic E-state index is 5.28. The van der Waals surface area contributed by atoms with E-state index in [1.54, 1.807) is 7.11 Å². The van der Waals surface area contributed by atoms with E-state index < -0.39 is 0 Å². The lowest BCUT2D eigenvalue weighted by Gasteiger charge is -2.20. The molecule has 0 amide bonds. The van der Waals surface area contributed by atoms with Gasteiger partial charge in [0, 0.05) is 5.56 Å². The minimum absolute atomic E-state index is 0.853. The van der Waals surface area contributed by atoms with Gasteiger partial charge in [-0.15, -0.1) is 0 Å². The van der Waals surface area contributed by atoms with Gasteiger partial charge in [-0.3, -0.25) is 0 Å². The van der Waals surface area contributed by atoms with E-state index in [2.05, 4.69) is 30.4 Å². The molecule has 0 atom stereocenters. The highest BCUT2D eigenvalue weighted by Crippen LogP contribution is 2.18. The summed E-state index contributed by atoms with van der Waals surface area (Å²) in [7, 11) is 1.73. The second-order valence-electron chi connectivity index (χ2n) is 5.14. The fourth-order valence-corrected chi connectivity index (χ4v) is 2.74. The summed E-state index contributed by atoms with van der Waals surface area (Å²) < 4.78 is 5.28. The smallest absolute Gasteiger partial charge is 0.121 e. The van der Waals surface area contributed by atoms with Gasteiger partial charge in [-0.05, 0) is 56.4 Å². The second-order valence-corrected chi connectivity index (χ2v) is 5.14. The van der Waals surface area contributed by atoms with E-state index >= 15 is 0 Å². The molecule has 0 aromatic heterocycles. The Kier molecular flexibility index (Phi) is 4.43. The number of rotatable bonds is 4. The number of quaternary nitrogens is 1. The average Bonchev–Trinajstić information content (AvgIpc) is 2.38. The fraction of sp³-hybridized carbons (Fsp3) is 0.600. The fourth-order valence-electron chi connectivity index (χ4n) is 2.74. The monoisotopic (exact) mass is 234 g/mol. The molecule has 1 aromatic rings. The molecule has 1 aromatic carbocycles. The van der Waals surface area contributed by atoms with Crippen molar-refractivity contribution in [1.82, 2.24) is 0 Å². The van der Waals surface area contributed by atoms with Crippen molar-refractivity contribution in [2.24, 2.45) is 0 Å². The van der Waals surface area contributed by atoms with Gasteiger partial charge in [-0.1, -0.05) is 6.42 Å². The Morgan fingerprint density at radius 1 is 1.24 bits per heavy atom. The molecule has 1 aliphatic rings. The van der Waals surface area contributed by atoms with Crippen LogP contribution in [0.25, 0.3) is 0 Å². The lowest BCUT2D eigenvalue weighted by Crippen LogP contribution is -2.88. The molecule has 0 spiro atoms. The molecule has 0 heterocycles. The molecule has 0 saturated heterocycles. The highest BCUT2D eigenvalue weighted by Gasteiger charge is 2.15. The zero-order valence-corrected chi connectivity index (χ0v) is 11.0. The molecule has 17 heavy (non-hydrogen) atoms. The van der Waals surface area contributed by atoms with Crippen molar-refractivity contribution in [1.29, 1.82) is 0 Å². The van der Waals surface area contributed by atoms with E-state index in [-0.39, 0.29) is 0 Å². The maximum Gasteiger partial charge on any atom is 0.121 e. The van der Waals surface area contributed by atoms with Gasteiger partial charge in [0.05, 0.1) is 13.2 Å². The number of hydrogen-bond acceptors (Lipinski definition) is 1. The number of methoxy groups -OCH3 is 1. The van der Waals surface area contributed by atoms with Gasteiger partial charge in [-0.2, -0.15) is 0 Å². The summed E-state index contributed by atoms with van der Waals surface area (Å²) in [6, 6.07) is 7.37. The largest absolute Gasteiger partial charge is 0.496 e. The van der Waals surface area contributed by atoms with Crippen LogP contribution >= 0.6 is 0 Å². The molecule has 1 saturated carbocycles. The van der Waals surface area contributed by atoms with Gasteiger partial charge in [0.1, 0.15) is 12.3 Å². The van der Waals surface area contributed by atoms with Crippen molar-refractivity contribution in [3.05, 3.63) is 29.3 Å². The zero-order chi connectivity index (χ0) is 12.1. The normalized spacial score (nSPS) is 17.1. The van der Waals surface area contributed by atoms with Crippen LogP contribution < -0.4 is 10.1 Å². The van der Waals surface area contributed by atoms with Crippen LogP contribution in [0.3, 0.4) is 0 Å². The van der Waals surface area contributed by atoms with E-state index in [4.69, 9.17) is 4.74 Å². The molecule has 2 nitrogen and oxygen atoms in total. The first-order chi connectivity index (χ1) is 8.29. The minimum Gasteiger partial charge on any atom is -0.496 e. The number of nitrogens with two attached hydrogens (primary N) is 1. The minimum atomic E-state index is 0.853. The van der Waals surface area contributed by atoms with Crippen LogP contribution in [0.2, 0.25) is 0 Å². The van der Waals surface area contributed by atoms with E-state index in [9.17, 15) is 0 Å². The molecule has 2 N–H and O–H groups in total. The second kappa shape index (κ2) is 6.06. The van der Waals surface area contributed by atoms with Crippen molar-refractivity contribution in [2.45, 2.75) is 51.6 Å². The Labute approximate surface area is 104 Å². The molecule has 0 radical (unpaired) electrons. The molecule has 2 heteroatoms. The molecular formula is C15H24NO+. The Morgan fingerprint density at radius 3 is 2.65 bits per heavy atom. The quantitative estimate of drug-likeness (QED) is 0.850. The third-order valence-electron chi connectivity index (χ3n) is 3.80. The van der Waals surface area contributed by atoms with Crippen LogP contribution in [-0.4, -0.2) is 13.2 Å². The summed E-state index contributed by atoms with van der Waals surface area (Å²) in [4.78, 5) is 0. The van der Waals surface area contributed by atoms with Crippen LogP contribution in [0.4, 0.5) is 0 Å². The lowest BCUT2D eigenvalue weighted by molar-refractivity contribution is -0.706. The molecule has 0 aliphatic heterocycles. The maximum atomic E-state index is 5.28. The van der Waals surface area contributed by atoms with Gasteiger partial charge in [0.15, 0.2) is 0 Å². The third kappa shape index (κ3) is 3.47. The molecule has 0 bridgehead atoms. The van der Waals surface area contributed by atoms with Crippen molar-refractivity contribution in [2.75, 3.05) is 7.11 Å². The SMILES string of the molecule is COc1ccc(C[NH2+]C2CCCCC2)cc1C. The highest BCUT2D eigenvalue weighted by atomic mass is 16.5. The first kappa shape index (κ1) is 12.4. The van der Waals surface area contributed by atoms with Crippen molar-refractivity contribution in [3.8, 4) is 5.75 Å². The van der Waals surface area contributed by atoms with Crippen LogP contribution in [-0.2, 0) is 6.54 Å². The summed E-state index contributed by atoms with van der Waals surface area (Å²) in [5.74, 6) is 0.992. The topological polar surface area (TPSA) is 25.8 Å². The molecule has 1 fully saturated rings. The standard InChI is InChI=1S/C15H23NO/c1-12-10-13(8-9-15(12)17-2)11-16-14-6-4-3-5-7-14/h8-10,14,16H,3-7,11H2,1-2H3/p+1. The number of benzene rings is 1. The van der Waals surface area contributed by atoms with Crippen molar-refractivity contribution < 1.29 is 10.1 Å². The Hall–Kier alpha value is -1.02. The molecule has 1 aliphatic carbocycles. The van der Waals surface area contributed by atoms with E-state index in [1.165, 1.54) is 43.2 Å². The Balaban J connectivity index is 1.87. The number of ether oxygens (including phenoxy) is 1. The predicted octanol–water partition coefficient (Wildman–Crippen LogP) is 2.40. The van der Waals surface area contributed by atoms with E-state index in [1.807, 2.05) is 0 Å². The number of hydrogen-bond donors (Lipinski definition) is 1. The van der Waals surface area contributed by atoms with Gasteiger partial charge in [0.25, 0.3) is 0 Å². The summed E-state index contributed by atoms with van der Waals surface area (Å²) in [6.45, 7) is 3.22. The molecule has 94 valence electrons. The van der Waals surface area contributed by atoms with E-state index in [0.717, 1.165) is 18.3 Å². The van der Waals surface area contributed by atoms with Gasteiger partial charge in [-0.25, -0.2) is 0 Å². The van der Waals surface area contributed by atoms with Gasteiger partial charge >= 0.3 is 0 Å². The summed E-state index contributed by atoms with van der Waals surface area (Å²) in [6.07, 6.45) is 7.07.